The van der Waals surface area contributed by atoms with E-state index in [2.05, 4.69) is 10.3 Å². The van der Waals surface area contributed by atoms with Crippen molar-refractivity contribution in [3.63, 3.8) is 0 Å². The summed E-state index contributed by atoms with van der Waals surface area (Å²) in [5.41, 5.74) is -0.505. The van der Waals surface area contributed by atoms with Crippen LogP contribution in [0.5, 0.6) is 11.5 Å². The number of rotatable bonds is 5. The highest BCUT2D eigenvalue weighted by Gasteiger charge is 2.25. The van der Waals surface area contributed by atoms with E-state index >= 15 is 0 Å². The molecule has 0 saturated carbocycles. The lowest BCUT2D eigenvalue weighted by molar-refractivity contribution is -0.385. The largest absolute Gasteiger partial charge is 0.493 e. The molecule has 9 heteroatoms. The highest BCUT2D eigenvalue weighted by molar-refractivity contribution is 7.13. The summed E-state index contributed by atoms with van der Waals surface area (Å²) >= 11 is 1.21. The Kier molecular flexibility index (Phi) is 4.33. The van der Waals surface area contributed by atoms with Crippen molar-refractivity contribution in [1.82, 2.24) is 4.98 Å². The monoisotopic (exact) mass is 309 g/mol. The lowest BCUT2D eigenvalue weighted by Crippen LogP contribution is -2.14. The molecule has 0 radical (unpaired) electrons. The zero-order valence-corrected chi connectivity index (χ0v) is 12.0. The number of carbonyl (C=O) groups excluding carboxylic acids is 1. The van der Waals surface area contributed by atoms with Crippen molar-refractivity contribution in [1.29, 1.82) is 0 Å². The van der Waals surface area contributed by atoms with Crippen LogP contribution in [0.4, 0.5) is 10.8 Å². The fourth-order valence-corrected chi connectivity index (χ4v) is 2.17. The summed E-state index contributed by atoms with van der Waals surface area (Å²) in [6, 6.07) is 2.41. The van der Waals surface area contributed by atoms with E-state index in [1.54, 1.807) is 5.38 Å². The standard InChI is InChI=1S/C12H11N3O5S/c1-19-9-5-7(8(15(17)18)6-10(9)20-2)11(16)14-12-13-3-4-21-12/h3-6H,1-2H3,(H,13,14,16). The van der Waals surface area contributed by atoms with Crippen LogP contribution < -0.4 is 14.8 Å². The van der Waals surface area contributed by atoms with E-state index in [0.29, 0.717) is 5.13 Å². The summed E-state index contributed by atoms with van der Waals surface area (Å²) in [7, 11) is 2.74. The topological polar surface area (TPSA) is 104 Å². The first kappa shape index (κ1) is 14.7. The average molecular weight is 309 g/mol. The summed E-state index contributed by atoms with van der Waals surface area (Å²) in [5.74, 6) is -0.236. The van der Waals surface area contributed by atoms with Crippen molar-refractivity contribution in [2.24, 2.45) is 0 Å². The van der Waals surface area contributed by atoms with Gasteiger partial charge in [-0.05, 0) is 0 Å². The van der Waals surface area contributed by atoms with E-state index in [0.717, 1.165) is 6.07 Å². The molecule has 1 aromatic heterocycles. The fraction of sp³-hybridized carbons (Fsp3) is 0.167. The summed E-state index contributed by atoms with van der Waals surface area (Å²) in [4.78, 5) is 26.5. The highest BCUT2D eigenvalue weighted by Crippen LogP contribution is 2.34. The quantitative estimate of drug-likeness (QED) is 0.671. The molecule has 2 rings (SSSR count). The van der Waals surface area contributed by atoms with Gasteiger partial charge in [0.15, 0.2) is 16.6 Å². The average Bonchev–Trinajstić information content (AvgIpc) is 2.98. The van der Waals surface area contributed by atoms with Gasteiger partial charge in [-0.25, -0.2) is 4.98 Å². The minimum absolute atomic E-state index is 0.132. The molecule has 1 heterocycles. The maximum atomic E-state index is 12.2. The summed E-state index contributed by atoms with van der Waals surface area (Å²) in [6.07, 6.45) is 1.52. The van der Waals surface area contributed by atoms with Crippen molar-refractivity contribution in [3.05, 3.63) is 39.4 Å². The second-order valence-corrected chi connectivity index (χ2v) is 4.67. The van der Waals surface area contributed by atoms with Crippen LogP contribution in [0.1, 0.15) is 10.4 Å². The molecule has 1 amide bonds. The van der Waals surface area contributed by atoms with Crippen molar-refractivity contribution < 1.29 is 19.2 Å². The second kappa shape index (κ2) is 6.18. The maximum Gasteiger partial charge on any atom is 0.286 e. The molecule has 0 aliphatic rings. The third-order valence-corrected chi connectivity index (χ3v) is 3.28. The highest BCUT2D eigenvalue weighted by atomic mass is 32.1. The number of nitro benzene ring substituents is 1. The van der Waals surface area contributed by atoms with E-state index in [4.69, 9.17) is 9.47 Å². The maximum absolute atomic E-state index is 12.2. The van der Waals surface area contributed by atoms with Crippen molar-refractivity contribution in [2.45, 2.75) is 0 Å². The minimum atomic E-state index is -0.654. The first-order valence-electron chi connectivity index (χ1n) is 5.68. The molecule has 0 fully saturated rings. The van der Waals surface area contributed by atoms with Crippen molar-refractivity contribution in [2.75, 3.05) is 19.5 Å². The molecule has 21 heavy (non-hydrogen) atoms. The first-order chi connectivity index (χ1) is 10.1. The predicted octanol–water partition coefficient (Wildman–Crippen LogP) is 2.32. The molecule has 110 valence electrons. The van der Waals surface area contributed by atoms with Gasteiger partial charge in [-0.1, -0.05) is 0 Å². The number of benzene rings is 1. The Hall–Kier alpha value is -2.68. The van der Waals surface area contributed by atoms with Gasteiger partial charge in [0.25, 0.3) is 11.6 Å². The number of carbonyl (C=O) groups is 1. The van der Waals surface area contributed by atoms with Gasteiger partial charge in [0.05, 0.1) is 25.2 Å². The van der Waals surface area contributed by atoms with Gasteiger partial charge < -0.3 is 9.47 Å². The van der Waals surface area contributed by atoms with E-state index in [9.17, 15) is 14.9 Å². The summed E-state index contributed by atoms with van der Waals surface area (Å²) in [6.45, 7) is 0. The Morgan fingerprint density at radius 1 is 1.33 bits per heavy atom. The molecule has 0 atom stereocenters. The smallest absolute Gasteiger partial charge is 0.286 e. The number of thiazole rings is 1. The number of hydrogen-bond donors (Lipinski definition) is 1. The van der Waals surface area contributed by atoms with Crippen molar-refractivity contribution in [3.8, 4) is 11.5 Å². The Balaban J connectivity index is 2.45. The normalized spacial score (nSPS) is 10.0. The predicted molar refractivity (Wildman–Crippen MR) is 76.3 cm³/mol. The molecule has 0 aliphatic carbocycles. The van der Waals surface area contributed by atoms with Crippen LogP contribution in [0.3, 0.4) is 0 Å². The number of nitro groups is 1. The van der Waals surface area contributed by atoms with Gasteiger partial charge >= 0.3 is 0 Å². The Labute approximate surface area is 123 Å². The first-order valence-corrected chi connectivity index (χ1v) is 6.56. The fourth-order valence-electron chi connectivity index (χ4n) is 1.65. The van der Waals surface area contributed by atoms with Crippen LogP contribution in [-0.4, -0.2) is 30.0 Å². The van der Waals surface area contributed by atoms with Crippen LogP contribution in [-0.2, 0) is 0 Å². The molecular weight excluding hydrogens is 298 g/mol. The number of ether oxygens (including phenoxy) is 2. The van der Waals surface area contributed by atoms with E-state index in [1.165, 1.54) is 37.8 Å². The number of hydrogen-bond acceptors (Lipinski definition) is 7. The number of amides is 1. The second-order valence-electron chi connectivity index (χ2n) is 3.77. The van der Waals surface area contributed by atoms with Gasteiger partial charge in [0.1, 0.15) is 5.56 Å². The molecule has 0 aliphatic heterocycles. The summed E-state index contributed by atoms with van der Waals surface area (Å²) < 4.78 is 10.1. The van der Waals surface area contributed by atoms with Crippen LogP contribution in [0.15, 0.2) is 23.7 Å². The number of nitrogens with one attached hydrogen (secondary N) is 1. The van der Waals surface area contributed by atoms with Crippen molar-refractivity contribution >= 4 is 28.1 Å². The molecule has 0 saturated heterocycles. The summed E-state index contributed by atoms with van der Waals surface area (Å²) in [5, 5.41) is 15.6. The molecule has 0 unspecified atom stereocenters. The number of methoxy groups -OCH3 is 2. The van der Waals surface area contributed by atoms with E-state index in [-0.39, 0.29) is 22.7 Å². The van der Waals surface area contributed by atoms with Gasteiger partial charge in [-0.2, -0.15) is 0 Å². The van der Waals surface area contributed by atoms with Crippen LogP contribution in [0.25, 0.3) is 0 Å². The van der Waals surface area contributed by atoms with Crippen LogP contribution in [0, 0.1) is 10.1 Å². The molecule has 1 N–H and O–H groups in total. The SMILES string of the molecule is COc1cc(C(=O)Nc2nccs2)c([N+](=O)[O-])cc1OC. The van der Waals surface area contributed by atoms with E-state index < -0.39 is 10.8 Å². The van der Waals surface area contributed by atoms with E-state index in [1.807, 2.05) is 0 Å². The molecular formula is C12H11N3O5S. The Morgan fingerprint density at radius 3 is 2.52 bits per heavy atom. The van der Waals surface area contributed by atoms with Crippen LogP contribution in [0.2, 0.25) is 0 Å². The Bertz CT molecular complexity index is 672. The zero-order valence-electron chi connectivity index (χ0n) is 11.2. The zero-order chi connectivity index (χ0) is 15.4. The van der Waals surface area contributed by atoms with Gasteiger partial charge in [-0.15, -0.1) is 11.3 Å². The van der Waals surface area contributed by atoms with Gasteiger partial charge in [0.2, 0.25) is 0 Å². The van der Waals surface area contributed by atoms with Gasteiger partial charge in [-0.3, -0.25) is 20.2 Å². The minimum Gasteiger partial charge on any atom is -0.493 e. The molecule has 0 spiro atoms. The molecule has 8 nitrogen and oxygen atoms in total. The Morgan fingerprint density at radius 2 is 2.00 bits per heavy atom. The number of aromatic nitrogens is 1. The number of anilines is 1. The van der Waals surface area contributed by atoms with Gasteiger partial charge in [0, 0.05) is 17.6 Å². The third kappa shape index (κ3) is 3.08. The third-order valence-electron chi connectivity index (χ3n) is 2.60. The molecule has 2 aromatic rings. The molecule has 1 aromatic carbocycles. The molecule has 0 bridgehead atoms. The lowest BCUT2D eigenvalue weighted by Gasteiger charge is -2.10. The lowest BCUT2D eigenvalue weighted by atomic mass is 10.1. The number of nitrogens with zero attached hydrogens (tertiary/aromatic N) is 2. The van der Waals surface area contributed by atoms with Crippen LogP contribution >= 0.6 is 11.3 Å².